The third-order valence-electron chi connectivity index (χ3n) is 5.95. The minimum atomic E-state index is -4.13. The van der Waals surface area contributed by atoms with Crippen LogP contribution in [0.5, 0.6) is 0 Å². The lowest BCUT2D eigenvalue weighted by molar-refractivity contribution is -0.140. The molecule has 0 fully saturated rings. The third-order valence-corrected chi connectivity index (χ3v) is 7.77. The van der Waals surface area contributed by atoms with Gasteiger partial charge in [0, 0.05) is 33.6 Å². The average Bonchev–Trinajstić information content (AvgIpc) is 2.91. The molecule has 3 aromatic carbocycles. The first kappa shape index (κ1) is 28.8. The fraction of sp³-hybridized carbons (Fsp3) is 0.286. The van der Waals surface area contributed by atoms with Crippen LogP contribution in [0.4, 0.5) is 10.1 Å². The van der Waals surface area contributed by atoms with Gasteiger partial charge in [-0.3, -0.25) is 9.59 Å². The highest BCUT2D eigenvalue weighted by Crippen LogP contribution is 2.22. The van der Waals surface area contributed by atoms with Crippen molar-refractivity contribution < 1.29 is 22.4 Å². The predicted octanol–water partition coefficient (Wildman–Crippen LogP) is 3.21. The summed E-state index contributed by atoms with van der Waals surface area (Å²) in [6, 6.07) is 22.5. The highest BCUT2D eigenvalue weighted by molar-refractivity contribution is 7.90. The van der Waals surface area contributed by atoms with Crippen LogP contribution in [0.1, 0.15) is 18.1 Å². The second kappa shape index (κ2) is 13.2. The van der Waals surface area contributed by atoms with Gasteiger partial charge >= 0.3 is 10.2 Å². The predicted molar refractivity (Wildman–Crippen MR) is 146 cm³/mol. The molecule has 0 heterocycles. The highest BCUT2D eigenvalue weighted by Gasteiger charge is 2.34. The Kier molecular flexibility index (Phi) is 9.98. The van der Waals surface area contributed by atoms with Gasteiger partial charge in [0.05, 0.1) is 5.69 Å². The van der Waals surface area contributed by atoms with Gasteiger partial charge in [0.1, 0.15) is 18.4 Å². The molecule has 3 rings (SSSR count). The number of amides is 2. The summed E-state index contributed by atoms with van der Waals surface area (Å²) in [7, 11) is -1.42. The molecule has 0 spiro atoms. The summed E-state index contributed by atoms with van der Waals surface area (Å²) in [5, 5.41) is 2.81. The van der Waals surface area contributed by atoms with Crippen molar-refractivity contribution in [2.75, 3.05) is 31.5 Å². The Balaban J connectivity index is 2.05. The van der Waals surface area contributed by atoms with Crippen LogP contribution in [0.3, 0.4) is 0 Å². The molecule has 3 aromatic rings. The lowest BCUT2D eigenvalue weighted by Crippen LogP contribution is -2.54. The summed E-state index contributed by atoms with van der Waals surface area (Å²) >= 11 is 0. The van der Waals surface area contributed by atoms with Crippen molar-refractivity contribution in [3.05, 3.63) is 102 Å². The van der Waals surface area contributed by atoms with Crippen molar-refractivity contribution in [1.29, 1.82) is 0 Å². The second-order valence-corrected chi connectivity index (χ2v) is 10.9. The normalized spacial score (nSPS) is 12.1. The number of nitrogens with one attached hydrogen (secondary N) is 1. The smallest absolute Gasteiger partial charge is 0.304 e. The molecule has 0 radical (unpaired) electrons. The molecular formula is C28H33FN4O4S. The van der Waals surface area contributed by atoms with Gasteiger partial charge in [-0.05, 0) is 42.3 Å². The van der Waals surface area contributed by atoms with E-state index in [1.807, 2.05) is 60.7 Å². The maximum absolute atomic E-state index is 14.0. The Labute approximate surface area is 223 Å². The zero-order valence-corrected chi connectivity index (χ0v) is 22.6. The number of carbonyl (C=O) groups excluding carboxylic acids is 2. The number of carbonyl (C=O) groups is 2. The molecule has 0 saturated carbocycles. The van der Waals surface area contributed by atoms with Crippen LogP contribution in [0.25, 0.3) is 0 Å². The maximum atomic E-state index is 14.0. The van der Waals surface area contributed by atoms with Crippen LogP contribution in [-0.4, -0.2) is 62.7 Å². The van der Waals surface area contributed by atoms with Gasteiger partial charge in [-0.2, -0.15) is 12.7 Å². The zero-order chi connectivity index (χ0) is 27.7. The second-order valence-electron chi connectivity index (χ2n) is 8.88. The van der Waals surface area contributed by atoms with Gasteiger partial charge in [0.25, 0.3) is 0 Å². The molecule has 0 aliphatic rings. The largest absolute Gasteiger partial charge is 0.355 e. The lowest BCUT2D eigenvalue weighted by Gasteiger charge is -2.34. The standard InChI is InChI=1S/C28H33FN4O4S/c1-4-30-28(35)26(19-22-11-7-5-8-12-22)32(20-23-13-9-6-10-14-23)27(34)21-33(38(36,37)31(2)3)25-17-15-24(29)16-18-25/h5-18,26H,4,19-21H2,1-3H3,(H,30,35)/t26-/m0/s1. The Morgan fingerprint density at radius 2 is 1.42 bits per heavy atom. The van der Waals surface area contributed by atoms with Crippen LogP contribution in [-0.2, 0) is 32.8 Å². The highest BCUT2D eigenvalue weighted by atomic mass is 32.2. The Morgan fingerprint density at radius 1 is 0.868 bits per heavy atom. The van der Waals surface area contributed by atoms with Crippen molar-refractivity contribution in [3.63, 3.8) is 0 Å². The van der Waals surface area contributed by atoms with Gasteiger partial charge in [0.2, 0.25) is 11.8 Å². The molecule has 10 heteroatoms. The van der Waals surface area contributed by atoms with E-state index in [0.717, 1.165) is 31.9 Å². The maximum Gasteiger partial charge on any atom is 0.304 e. The minimum absolute atomic E-state index is 0.0909. The number of hydrogen-bond donors (Lipinski definition) is 1. The van der Waals surface area contributed by atoms with Crippen LogP contribution in [0.2, 0.25) is 0 Å². The first-order valence-electron chi connectivity index (χ1n) is 12.2. The van der Waals surface area contributed by atoms with Crippen molar-refractivity contribution in [2.24, 2.45) is 0 Å². The van der Waals surface area contributed by atoms with E-state index in [0.29, 0.717) is 6.54 Å². The molecular weight excluding hydrogens is 507 g/mol. The van der Waals surface area contributed by atoms with Gasteiger partial charge in [0.15, 0.2) is 0 Å². The number of rotatable bonds is 12. The summed E-state index contributed by atoms with van der Waals surface area (Å²) in [5.41, 5.74) is 1.77. The molecule has 0 aromatic heterocycles. The summed E-state index contributed by atoms with van der Waals surface area (Å²) in [6.45, 7) is 1.67. The van der Waals surface area contributed by atoms with E-state index in [-0.39, 0.29) is 24.6 Å². The topological polar surface area (TPSA) is 90.0 Å². The molecule has 1 atom stereocenters. The van der Waals surface area contributed by atoms with E-state index in [9.17, 15) is 22.4 Å². The monoisotopic (exact) mass is 540 g/mol. The third kappa shape index (κ3) is 7.39. The average molecular weight is 541 g/mol. The summed E-state index contributed by atoms with van der Waals surface area (Å²) in [6.07, 6.45) is 0.238. The Morgan fingerprint density at radius 3 is 1.95 bits per heavy atom. The van der Waals surface area contributed by atoms with E-state index < -0.39 is 34.5 Å². The van der Waals surface area contributed by atoms with Gasteiger partial charge < -0.3 is 10.2 Å². The van der Waals surface area contributed by atoms with E-state index >= 15 is 0 Å². The molecule has 0 unspecified atom stereocenters. The van der Waals surface area contributed by atoms with Gasteiger partial charge in [-0.25, -0.2) is 8.70 Å². The number of benzene rings is 3. The van der Waals surface area contributed by atoms with Crippen molar-refractivity contribution in [1.82, 2.24) is 14.5 Å². The van der Waals surface area contributed by atoms with E-state index in [1.165, 1.54) is 31.1 Å². The fourth-order valence-corrected chi connectivity index (χ4v) is 5.01. The molecule has 0 aliphatic carbocycles. The summed E-state index contributed by atoms with van der Waals surface area (Å²) in [5.74, 6) is -1.45. The number of nitrogens with zero attached hydrogens (tertiary/aromatic N) is 3. The molecule has 202 valence electrons. The molecule has 0 saturated heterocycles. The Hall–Kier alpha value is -3.76. The lowest BCUT2D eigenvalue weighted by atomic mass is 10.0. The van der Waals surface area contributed by atoms with E-state index in [2.05, 4.69) is 5.32 Å². The number of likely N-dealkylation sites (N-methyl/N-ethyl adjacent to an activating group) is 1. The summed E-state index contributed by atoms with van der Waals surface area (Å²) < 4.78 is 42.0. The van der Waals surface area contributed by atoms with E-state index in [4.69, 9.17) is 0 Å². The number of anilines is 1. The first-order valence-corrected chi connectivity index (χ1v) is 13.6. The van der Waals surface area contributed by atoms with Crippen LogP contribution in [0.15, 0.2) is 84.9 Å². The minimum Gasteiger partial charge on any atom is -0.355 e. The Bertz CT molecular complexity index is 1300. The van der Waals surface area contributed by atoms with Crippen LogP contribution < -0.4 is 9.62 Å². The van der Waals surface area contributed by atoms with Crippen molar-refractivity contribution in [3.8, 4) is 0 Å². The number of hydrogen-bond acceptors (Lipinski definition) is 4. The molecule has 2 amide bonds. The van der Waals surface area contributed by atoms with Gasteiger partial charge in [-0.15, -0.1) is 0 Å². The quantitative estimate of drug-likeness (QED) is 0.382. The molecule has 38 heavy (non-hydrogen) atoms. The molecule has 8 nitrogen and oxygen atoms in total. The molecule has 0 aliphatic heterocycles. The fourth-order valence-electron chi connectivity index (χ4n) is 3.95. The van der Waals surface area contributed by atoms with Gasteiger partial charge in [-0.1, -0.05) is 60.7 Å². The SMILES string of the molecule is CCNC(=O)[C@H](Cc1ccccc1)N(Cc1ccccc1)C(=O)CN(c1ccc(F)cc1)S(=O)(=O)N(C)C. The number of halogens is 1. The van der Waals surface area contributed by atoms with Crippen molar-refractivity contribution in [2.45, 2.75) is 25.9 Å². The van der Waals surface area contributed by atoms with E-state index in [1.54, 1.807) is 6.92 Å². The molecule has 1 N–H and O–H groups in total. The van der Waals surface area contributed by atoms with Crippen molar-refractivity contribution >= 4 is 27.7 Å². The van der Waals surface area contributed by atoms with Crippen LogP contribution >= 0.6 is 0 Å². The zero-order valence-electron chi connectivity index (χ0n) is 21.7. The first-order chi connectivity index (χ1) is 18.1. The van der Waals surface area contributed by atoms with Crippen LogP contribution in [0, 0.1) is 5.82 Å². The molecule has 0 bridgehead atoms. The summed E-state index contributed by atoms with van der Waals surface area (Å²) in [4.78, 5) is 28.7.